The van der Waals surface area contributed by atoms with Gasteiger partial charge in [0.25, 0.3) is 0 Å². The van der Waals surface area contributed by atoms with Crippen molar-refractivity contribution in [3.8, 4) is 0 Å². The van der Waals surface area contributed by atoms with Gasteiger partial charge in [0, 0.05) is 12.9 Å². The molecule has 0 aromatic carbocycles. The zero-order valence-electron chi connectivity index (χ0n) is 9.79. The number of sulfonamides is 1. The molecule has 0 fully saturated rings. The van der Waals surface area contributed by atoms with E-state index >= 15 is 0 Å². The molecule has 0 rings (SSSR count). The molecular weight excluding hydrogens is 252 g/mol. The van der Waals surface area contributed by atoms with E-state index < -0.39 is 16.1 Å². The molecule has 0 spiro atoms. The molecule has 0 aliphatic rings. The van der Waals surface area contributed by atoms with Gasteiger partial charge in [-0.05, 0) is 12.3 Å². The Morgan fingerprint density at radius 3 is 2.31 bits per heavy atom. The van der Waals surface area contributed by atoms with E-state index in [4.69, 9.17) is 11.6 Å². The maximum atomic E-state index is 11.5. The number of nitrogens with one attached hydrogen (secondary N) is 2. The Morgan fingerprint density at radius 2 is 1.94 bits per heavy atom. The SMILES string of the molecule is CNC(=O)C(CC(C)C)NS(=O)(=O)CCCl. The Hall–Kier alpha value is -0.330. The molecule has 0 radical (unpaired) electrons. The first-order valence-electron chi connectivity index (χ1n) is 5.10. The quantitative estimate of drug-likeness (QED) is 0.654. The molecule has 96 valence electrons. The first-order chi connectivity index (χ1) is 7.32. The Morgan fingerprint density at radius 1 is 1.38 bits per heavy atom. The second-order valence-corrected chi connectivity index (χ2v) is 6.17. The van der Waals surface area contributed by atoms with Crippen molar-refractivity contribution in [2.24, 2.45) is 5.92 Å². The third-order valence-electron chi connectivity index (χ3n) is 1.94. The second kappa shape index (κ2) is 7.09. The first kappa shape index (κ1) is 15.7. The zero-order valence-corrected chi connectivity index (χ0v) is 11.4. The highest BCUT2D eigenvalue weighted by Crippen LogP contribution is 2.06. The van der Waals surface area contributed by atoms with E-state index in [1.807, 2.05) is 13.8 Å². The molecule has 1 atom stereocenters. The number of amides is 1. The zero-order chi connectivity index (χ0) is 12.8. The van der Waals surface area contributed by atoms with Crippen LogP contribution in [-0.2, 0) is 14.8 Å². The molecule has 0 aliphatic heterocycles. The first-order valence-corrected chi connectivity index (χ1v) is 7.28. The molecule has 0 saturated heterocycles. The van der Waals surface area contributed by atoms with E-state index in [0.29, 0.717) is 6.42 Å². The smallest absolute Gasteiger partial charge is 0.237 e. The van der Waals surface area contributed by atoms with Gasteiger partial charge in [-0.15, -0.1) is 11.6 Å². The predicted molar refractivity (Wildman–Crippen MR) is 65.0 cm³/mol. The summed E-state index contributed by atoms with van der Waals surface area (Å²) in [5, 5.41) is 2.44. The van der Waals surface area contributed by atoms with Crippen LogP contribution in [0.2, 0.25) is 0 Å². The standard InChI is InChI=1S/C9H19ClN2O3S/c1-7(2)6-8(9(13)11-3)12-16(14,15)5-4-10/h7-8,12H,4-6H2,1-3H3,(H,11,13). The maximum absolute atomic E-state index is 11.5. The third-order valence-corrected chi connectivity index (χ3v) is 3.74. The average molecular weight is 271 g/mol. The number of hydrogen-bond acceptors (Lipinski definition) is 3. The Balaban J connectivity index is 4.60. The molecule has 16 heavy (non-hydrogen) atoms. The summed E-state index contributed by atoms with van der Waals surface area (Å²) in [6, 6.07) is -0.724. The van der Waals surface area contributed by atoms with Crippen molar-refractivity contribution in [2.45, 2.75) is 26.3 Å². The van der Waals surface area contributed by atoms with Gasteiger partial charge in [-0.2, -0.15) is 0 Å². The summed E-state index contributed by atoms with van der Waals surface area (Å²) in [5.41, 5.74) is 0. The summed E-state index contributed by atoms with van der Waals surface area (Å²) in [7, 11) is -2.00. The van der Waals surface area contributed by atoms with Crippen molar-refractivity contribution in [3.63, 3.8) is 0 Å². The van der Waals surface area contributed by atoms with E-state index in [0.717, 1.165) is 0 Å². The fourth-order valence-corrected chi connectivity index (χ4v) is 2.80. The lowest BCUT2D eigenvalue weighted by molar-refractivity contribution is -0.122. The van der Waals surface area contributed by atoms with Crippen LogP contribution in [0.4, 0.5) is 0 Å². The van der Waals surface area contributed by atoms with Crippen molar-refractivity contribution in [1.29, 1.82) is 0 Å². The van der Waals surface area contributed by atoms with Gasteiger partial charge in [-0.3, -0.25) is 4.79 Å². The van der Waals surface area contributed by atoms with E-state index in [1.54, 1.807) is 0 Å². The van der Waals surface area contributed by atoms with Crippen molar-refractivity contribution in [2.75, 3.05) is 18.7 Å². The number of carbonyl (C=O) groups excluding carboxylic acids is 1. The van der Waals surface area contributed by atoms with Crippen LogP contribution >= 0.6 is 11.6 Å². The third kappa shape index (κ3) is 6.30. The minimum atomic E-state index is -3.47. The lowest BCUT2D eigenvalue weighted by atomic mass is 10.0. The molecule has 2 N–H and O–H groups in total. The van der Waals surface area contributed by atoms with Crippen LogP contribution in [0.5, 0.6) is 0 Å². The molecule has 0 aromatic heterocycles. The molecule has 0 bridgehead atoms. The minimum absolute atomic E-state index is 0.0114. The molecular formula is C9H19ClN2O3S. The largest absolute Gasteiger partial charge is 0.358 e. The molecule has 0 saturated carbocycles. The maximum Gasteiger partial charge on any atom is 0.237 e. The van der Waals surface area contributed by atoms with E-state index in [9.17, 15) is 13.2 Å². The molecule has 0 aromatic rings. The predicted octanol–water partition coefficient (Wildman–Crippen LogP) is 0.305. The van der Waals surface area contributed by atoms with E-state index in [2.05, 4.69) is 10.0 Å². The topological polar surface area (TPSA) is 75.3 Å². The molecule has 0 heterocycles. The minimum Gasteiger partial charge on any atom is -0.358 e. The van der Waals surface area contributed by atoms with Gasteiger partial charge in [-0.1, -0.05) is 13.8 Å². The van der Waals surface area contributed by atoms with Crippen LogP contribution in [0.1, 0.15) is 20.3 Å². The van der Waals surface area contributed by atoms with Crippen LogP contribution in [0.15, 0.2) is 0 Å². The van der Waals surface area contributed by atoms with Gasteiger partial charge in [0.2, 0.25) is 15.9 Å². The molecule has 0 aliphatic carbocycles. The normalized spacial score (nSPS) is 13.8. The van der Waals surface area contributed by atoms with Gasteiger partial charge in [-0.25, -0.2) is 13.1 Å². The molecule has 1 unspecified atom stereocenters. The summed E-state index contributed by atoms with van der Waals surface area (Å²) >= 11 is 5.37. The van der Waals surface area contributed by atoms with Crippen LogP contribution < -0.4 is 10.0 Å². The average Bonchev–Trinajstić information content (AvgIpc) is 2.14. The summed E-state index contributed by atoms with van der Waals surface area (Å²) < 4.78 is 25.3. The highest BCUT2D eigenvalue weighted by atomic mass is 35.5. The van der Waals surface area contributed by atoms with Crippen molar-refractivity contribution in [3.05, 3.63) is 0 Å². The van der Waals surface area contributed by atoms with Crippen molar-refractivity contribution >= 4 is 27.5 Å². The van der Waals surface area contributed by atoms with Crippen LogP contribution in [0, 0.1) is 5.92 Å². The number of likely N-dealkylation sites (N-methyl/N-ethyl adjacent to an activating group) is 1. The number of halogens is 1. The van der Waals surface area contributed by atoms with Gasteiger partial charge in [0.05, 0.1) is 5.75 Å². The summed E-state index contributed by atoms with van der Waals surface area (Å²) in [6.45, 7) is 3.84. The summed E-state index contributed by atoms with van der Waals surface area (Å²) in [6.07, 6.45) is 0.460. The Bertz CT molecular complexity index is 317. The highest BCUT2D eigenvalue weighted by Gasteiger charge is 2.23. The Labute approximate surface area is 102 Å². The molecule has 7 heteroatoms. The van der Waals surface area contributed by atoms with Crippen LogP contribution in [-0.4, -0.2) is 39.0 Å². The van der Waals surface area contributed by atoms with Crippen molar-refractivity contribution < 1.29 is 13.2 Å². The molecule has 5 nitrogen and oxygen atoms in total. The summed E-state index contributed by atoms with van der Waals surface area (Å²) in [5.74, 6) is -0.273. The molecule has 1 amide bonds. The van der Waals surface area contributed by atoms with Gasteiger partial charge in [0.15, 0.2) is 0 Å². The lowest BCUT2D eigenvalue weighted by Gasteiger charge is -2.18. The van der Waals surface area contributed by atoms with Gasteiger partial charge in [0.1, 0.15) is 6.04 Å². The highest BCUT2D eigenvalue weighted by molar-refractivity contribution is 7.89. The fourth-order valence-electron chi connectivity index (χ4n) is 1.23. The number of hydrogen-bond donors (Lipinski definition) is 2. The van der Waals surface area contributed by atoms with E-state index in [1.165, 1.54) is 7.05 Å². The lowest BCUT2D eigenvalue weighted by Crippen LogP contribution is -2.47. The number of alkyl halides is 1. The fraction of sp³-hybridized carbons (Fsp3) is 0.889. The number of carbonyl (C=O) groups is 1. The van der Waals surface area contributed by atoms with Gasteiger partial charge < -0.3 is 5.32 Å². The summed E-state index contributed by atoms with van der Waals surface area (Å²) in [4.78, 5) is 11.5. The van der Waals surface area contributed by atoms with Crippen LogP contribution in [0.25, 0.3) is 0 Å². The van der Waals surface area contributed by atoms with Crippen LogP contribution in [0.3, 0.4) is 0 Å². The van der Waals surface area contributed by atoms with Crippen molar-refractivity contribution in [1.82, 2.24) is 10.0 Å². The second-order valence-electron chi connectivity index (χ2n) is 3.92. The monoisotopic (exact) mass is 270 g/mol. The van der Waals surface area contributed by atoms with Gasteiger partial charge >= 0.3 is 0 Å². The number of rotatable bonds is 7. The Kier molecular flexibility index (Phi) is 6.94. The van der Waals surface area contributed by atoms with E-state index in [-0.39, 0.29) is 23.5 Å².